The Balaban J connectivity index is 1.85. The molecule has 1 heterocycles. The van der Waals surface area contributed by atoms with Crippen molar-refractivity contribution in [1.29, 1.82) is 5.41 Å². The molecule has 20 heavy (non-hydrogen) atoms. The van der Waals surface area contributed by atoms with Crippen LogP contribution < -0.4 is 10.6 Å². The molecule has 0 atom stereocenters. The molecule has 0 spiro atoms. The summed E-state index contributed by atoms with van der Waals surface area (Å²) < 4.78 is 13.4. The van der Waals surface area contributed by atoms with Gasteiger partial charge in [-0.3, -0.25) is 5.41 Å². The van der Waals surface area contributed by atoms with Gasteiger partial charge in [0.15, 0.2) is 0 Å². The summed E-state index contributed by atoms with van der Waals surface area (Å²) in [4.78, 5) is 2.16. The van der Waals surface area contributed by atoms with Crippen molar-refractivity contribution in [2.75, 3.05) is 11.4 Å². The molecule has 0 saturated heterocycles. The molecule has 0 saturated carbocycles. The van der Waals surface area contributed by atoms with E-state index in [2.05, 4.69) is 4.90 Å². The summed E-state index contributed by atoms with van der Waals surface area (Å²) >= 11 is 0. The molecule has 0 aromatic heterocycles. The van der Waals surface area contributed by atoms with Gasteiger partial charge in [0.1, 0.15) is 11.7 Å². The maximum Gasteiger partial charge on any atom is 0.125 e. The number of anilines is 1. The van der Waals surface area contributed by atoms with Gasteiger partial charge in [0.25, 0.3) is 0 Å². The first kappa shape index (κ1) is 12.7. The van der Waals surface area contributed by atoms with E-state index in [-0.39, 0.29) is 11.7 Å². The number of hydrogen-bond acceptors (Lipinski definition) is 2. The predicted octanol–water partition coefficient (Wildman–Crippen LogP) is 2.67. The van der Waals surface area contributed by atoms with E-state index < -0.39 is 0 Å². The minimum absolute atomic E-state index is 0.0692. The Morgan fingerprint density at radius 1 is 1.25 bits per heavy atom. The molecular weight excluding hydrogens is 253 g/mol. The molecule has 3 N–H and O–H groups in total. The third-order valence-electron chi connectivity index (χ3n) is 3.65. The van der Waals surface area contributed by atoms with Crippen molar-refractivity contribution in [2.24, 2.45) is 5.73 Å². The van der Waals surface area contributed by atoms with E-state index in [4.69, 9.17) is 11.1 Å². The van der Waals surface area contributed by atoms with Crippen LogP contribution in [0.15, 0.2) is 42.5 Å². The number of amidine groups is 1. The lowest BCUT2D eigenvalue weighted by Crippen LogP contribution is -2.20. The third-order valence-corrected chi connectivity index (χ3v) is 3.65. The number of nitrogens with one attached hydrogen (secondary N) is 1. The van der Waals surface area contributed by atoms with Crippen molar-refractivity contribution in [1.82, 2.24) is 0 Å². The number of nitrogen functional groups attached to an aromatic ring is 1. The van der Waals surface area contributed by atoms with Crippen LogP contribution in [0, 0.1) is 11.2 Å². The molecule has 2 aromatic rings. The maximum atomic E-state index is 13.4. The van der Waals surface area contributed by atoms with Crippen LogP contribution in [0.5, 0.6) is 0 Å². The molecule has 0 radical (unpaired) electrons. The zero-order valence-corrected chi connectivity index (χ0v) is 11.1. The summed E-state index contributed by atoms with van der Waals surface area (Å²) in [7, 11) is 0. The Bertz CT molecular complexity index is 667. The Kier molecular flexibility index (Phi) is 3.14. The SMILES string of the molecule is N=C(N)c1cccc(CN2CCc3ccc(F)cc32)c1. The second-order valence-electron chi connectivity index (χ2n) is 5.06. The standard InChI is InChI=1S/C16H16FN3/c17-14-5-4-12-6-7-20(15(12)9-14)10-11-2-1-3-13(8-11)16(18)19/h1-5,8-9H,6-7,10H2,(H3,18,19). The Hall–Kier alpha value is -2.36. The molecule has 0 fully saturated rings. The number of hydrogen-bond donors (Lipinski definition) is 2. The average Bonchev–Trinajstić information content (AvgIpc) is 2.82. The van der Waals surface area contributed by atoms with Crippen molar-refractivity contribution in [3.63, 3.8) is 0 Å². The smallest absolute Gasteiger partial charge is 0.125 e. The highest BCUT2D eigenvalue weighted by Crippen LogP contribution is 2.30. The first-order valence-electron chi connectivity index (χ1n) is 6.60. The van der Waals surface area contributed by atoms with Crippen molar-refractivity contribution in [3.8, 4) is 0 Å². The number of halogens is 1. The molecule has 0 amide bonds. The molecule has 0 unspecified atom stereocenters. The minimum Gasteiger partial charge on any atom is -0.384 e. The normalized spacial score (nSPS) is 13.3. The van der Waals surface area contributed by atoms with Gasteiger partial charge in [-0.1, -0.05) is 24.3 Å². The van der Waals surface area contributed by atoms with E-state index >= 15 is 0 Å². The van der Waals surface area contributed by atoms with Crippen LogP contribution in [0.1, 0.15) is 16.7 Å². The van der Waals surface area contributed by atoms with Gasteiger partial charge in [-0.15, -0.1) is 0 Å². The fourth-order valence-electron chi connectivity index (χ4n) is 2.64. The first-order valence-corrected chi connectivity index (χ1v) is 6.60. The van der Waals surface area contributed by atoms with Crippen LogP contribution in [0.25, 0.3) is 0 Å². The van der Waals surface area contributed by atoms with Crippen LogP contribution in [-0.2, 0) is 13.0 Å². The Labute approximate surface area is 117 Å². The summed E-state index contributed by atoms with van der Waals surface area (Å²) in [5.41, 5.74) is 9.47. The van der Waals surface area contributed by atoms with Crippen LogP contribution in [-0.4, -0.2) is 12.4 Å². The summed E-state index contributed by atoms with van der Waals surface area (Å²) in [5, 5.41) is 7.48. The van der Waals surface area contributed by atoms with Gasteiger partial charge >= 0.3 is 0 Å². The number of benzene rings is 2. The van der Waals surface area contributed by atoms with Crippen molar-refractivity contribution in [2.45, 2.75) is 13.0 Å². The van der Waals surface area contributed by atoms with E-state index in [0.29, 0.717) is 6.54 Å². The second-order valence-corrected chi connectivity index (χ2v) is 5.06. The topological polar surface area (TPSA) is 53.1 Å². The highest BCUT2D eigenvalue weighted by molar-refractivity contribution is 5.95. The number of rotatable bonds is 3. The van der Waals surface area contributed by atoms with Gasteiger partial charge in [0, 0.05) is 24.3 Å². The zero-order valence-electron chi connectivity index (χ0n) is 11.1. The second kappa shape index (κ2) is 4.96. The lowest BCUT2D eigenvalue weighted by atomic mass is 10.1. The molecule has 2 aromatic carbocycles. The van der Waals surface area contributed by atoms with Crippen LogP contribution in [0.3, 0.4) is 0 Å². The van der Waals surface area contributed by atoms with Crippen LogP contribution in [0.4, 0.5) is 10.1 Å². The molecule has 3 rings (SSSR count). The van der Waals surface area contributed by atoms with E-state index in [0.717, 1.165) is 29.8 Å². The lowest BCUT2D eigenvalue weighted by Gasteiger charge is -2.20. The molecule has 1 aliphatic heterocycles. The van der Waals surface area contributed by atoms with E-state index in [1.165, 1.54) is 11.6 Å². The Morgan fingerprint density at radius 3 is 2.90 bits per heavy atom. The lowest BCUT2D eigenvalue weighted by molar-refractivity contribution is 0.627. The molecular formula is C16H16FN3. The van der Waals surface area contributed by atoms with Gasteiger partial charge in [-0.25, -0.2) is 4.39 Å². The molecule has 4 heteroatoms. The minimum atomic E-state index is -0.201. The largest absolute Gasteiger partial charge is 0.384 e. The van der Waals surface area contributed by atoms with E-state index in [1.54, 1.807) is 6.07 Å². The molecule has 0 bridgehead atoms. The van der Waals surface area contributed by atoms with Crippen molar-refractivity contribution < 1.29 is 4.39 Å². The van der Waals surface area contributed by atoms with Gasteiger partial charge in [-0.05, 0) is 35.7 Å². The fourth-order valence-corrected chi connectivity index (χ4v) is 2.64. The summed E-state index contributed by atoms with van der Waals surface area (Å²) in [6.45, 7) is 1.60. The average molecular weight is 269 g/mol. The van der Waals surface area contributed by atoms with E-state index in [9.17, 15) is 4.39 Å². The van der Waals surface area contributed by atoms with Crippen LogP contribution >= 0.6 is 0 Å². The fraction of sp³-hybridized carbons (Fsp3) is 0.188. The van der Waals surface area contributed by atoms with Gasteiger partial charge in [0.05, 0.1) is 0 Å². The number of nitrogens with zero attached hydrogens (tertiary/aromatic N) is 1. The molecule has 3 nitrogen and oxygen atoms in total. The van der Waals surface area contributed by atoms with Crippen molar-refractivity contribution >= 4 is 11.5 Å². The third kappa shape index (κ3) is 2.37. The zero-order chi connectivity index (χ0) is 14.1. The van der Waals surface area contributed by atoms with Gasteiger partial charge in [0.2, 0.25) is 0 Å². The van der Waals surface area contributed by atoms with Crippen LogP contribution in [0.2, 0.25) is 0 Å². The maximum absolute atomic E-state index is 13.4. The highest BCUT2D eigenvalue weighted by atomic mass is 19.1. The van der Waals surface area contributed by atoms with Crippen molar-refractivity contribution in [3.05, 3.63) is 65.0 Å². The molecule has 0 aliphatic carbocycles. The predicted molar refractivity (Wildman–Crippen MR) is 78.6 cm³/mol. The summed E-state index contributed by atoms with van der Waals surface area (Å²) in [6, 6.07) is 12.6. The first-order chi connectivity index (χ1) is 9.63. The molecule has 1 aliphatic rings. The van der Waals surface area contributed by atoms with E-state index in [1.807, 2.05) is 30.3 Å². The molecule has 102 valence electrons. The number of nitrogens with two attached hydrogens (primary N) is 1. The van der Waals surface area contributed by atoms with Gasteiger partial charge < -0.3 is 10.6 Å². The summed E-state index contributed by atoms with van der Waals surface area (Å²) in [6.07, 6.45) is 0.946. The van der Waals surface area contributed by atoms with Gasteiger partial charge in [-0.2, -0.15) is 0 Å². The highest BCUT2D eigenvalue weighted by Gasteiger charge is 2.19. The Morgan fingerprint density at radius 2 is 2.10 bits per heavy atom. The monoisotopic (exact) mass is 269 g/mol. The number of fused-ring (bicyclic) bond motifs is 1. The quantitative estimate of drug-likeness (QED) is 0.665. The summed E-state index contributed by atoms with van der Waals surface area (Å²) in [5.74, 6) is -0.132.